The molecule has 28 heavy (non-hydrogen) atoms. The minimum atomic E-state index is -2.22. The van der Waals surface area contributed by atoms with Crippen LogP contribution in [0.5, 0.6) is 0 Å². The van der Waals surface area contributed by atoms with E-state index in [9.17, 15) is 4.79 Å². The van der Waals surface area contributed by atoms with Crippen LogP contribution in [0.25, 0.3) is 0 Å². The number of benzene rings is 1. The van der Waals surface area contributed by atoms with Gasteiger partial charge in [0.25, 0.3) is 8.32 Å². The Balaban J connectivity index is 2.92. The molecule has 4 nitrogen and oxygen atoms in total. The fourth-order valence-corrected chi connectivity index (χ4v) is 4.18. The maximum absolute atomic E-state index is 13.1. The van der Waals surface area contributed by atoms with E-state index in [-0.39, 0.29) is 22.7 Å². The molecule has 0 heterocycles. The molecule has 0 amide bonds. The van der Waals surface area contributed by atoms with Crippen LogP contribution in [0.4, 0.5) is 0 Å². The van der Waals surface area contributed by atoms with Crippen molar-refractivity contribution in [1.82, 2.24) is 0 Å². The molecule has 0 saturated carbocycles. The Morgan fingerprint density at radius 1 is 0.893 bits per heavy atom. The molecular formula is C22H40O4Si2. The van der Waals surface area contributed by atoms with E-state index in [1.165, 1.54) is 0 Å². The second-order valence-corrected chi connectivity index (χ2v) is 20.0. The zero-order chi connectivity index (χ0) is 21.8. The van der Waals surface area contributed by atoms with Crippen molar-refractivity contribution in [2.75, 3.05) is 6.61 Å². The van der Waals surface area contributed by atoms with Gasteiger partial charge < -0.3 is 13.6 Å². The van der Waals surface area contributed by atoms with Gasteiger partial charge in [0.2, 0.25) is 0 Å². The average Bonchev–Trinajstić information content (AvgIpc) is 2.52. The highest BCUT2D eigenvalue weighted by atomic mass is 28.4. The van der Waals surface area contributed by atoms with Crippen molar-refractivity contribution in [3.8, 4) is 0 Å². The van der Waals surface area contributed by atoms with Gasteiger partial charge in [-0.2, -0.15) is 0 Å². The molecule has 0 radical (unpaired) electrons. The summed E-state index contributed by atoms with van der Waals surface area (Å²) in [5.74, 6) is -0.288. The molecule has 6 heteroatoms. The van der Waals surface area contributed by atoms with Gasteiger partial charge in [-0.15, -0.1) is 0 Å². The minimum absolute atomic E-state index is 0.00192. The summed E-state index contributed by atoms with van der Waals surface area (Å²) in [7, 11) is -4.37. The minimum Gasteiger partial charge on any atom is -0.517 e. The zero-order valence-corrected chi connectivity index (χ0v) is 21.5. The topological polar surface area (TPSA) is 44.8 Å². The van der Waals surface area contributed by atoms with E-state index >= 15 is 0 Å². The van der Waals surface area contributed by atoms with Gasteiger partial charge in [0.05, 0.1) is 13.2 Å². The second-order valence-electron chi connectivity index (χ2n) is 10.5. The summed E-state index contributed by atoms with van der Waals surface area (Å²) in [4.78, 5) is 13.1. The molecule has 1 atom stereocenters. The smallest absolute Gasteiger partial charge is 0.323 e. The van der Waals surface area contributed by atoms with Crippen molar-refractivity contribution < 1.29 is 18.4 Å². The van der Waals surface area contributed by atoms with E-state index in [1.807, 2.05) is 30.3 Å². The lowest BCUT2D eigenvalue weighted by Crippen LogP contribution is -2.51. The molecule has 1 unspecified atom stereocenters. The zero-order valence-electron chi connectivity index (χ0n) is 19.5. The molecule has 1 rings (SSSR count). The van der Waals surface area contributed by atoms with Crippen molar-refractivity contribution in [1.29, 1.82) is 0 Å². The third-order valence-corrected chi connectivity index (χ3v) is 14.9. The Hall–Kier alpha value is -0.956. The van der Waals surface area contributed by atoms with Crippen LogP contribution in [-0.2, 0) is 25.0 Å². The third-order valence-electron chi connectivity index (χ3n) is 6.05. The van der Waals surface area contributed by atoms with E-state index in [0.717, 1.165) is 5.56 Å². The molecule has 0 saturated heterocycles. The van der Waals surface area contributed by atoms with Crippen LogP contribution in [0.15, 0.2) is 30.3 Å². The van der Waals surface area contributed by atoms with Crippen molar-refractivity contribution in [2.24, 2.45) is 0 Å². The fourth-order valence-electron chi connectivity index (χ4n) is 2.01. The van der Waals surface area contributed by atoms with E-state index in [0.29, 0.717) is 6.61 Å². The third kappa shape index (κ3) is 7.14. The molecule has 0 bridgehead atoms. The summed E-state index contributed by atoms with van der Waals surface area (Å²) in [6.07, 6.45) is -0.696. The summed E-state index contributed by atoms with van der Waals surface area (Å²) in [5.41, 5.74) is 1.08. The van der Waals surface area contributed by atoms with Crippen molar-refractivity contribution in [2.45, 2.75) is 90.5 Å². The van der Waals surface area contributed by atoms with Gasteiger partial charge in [-0.05, 0) is 41.8 Å². The van der Waals surface area contributed by atoms with Crippen molar-refractivity contribution in [3.63, 3.8) is 0 Å². The summed E-state index contributed by atoms with van der Waals surface area (Å²) in [6.45, 7) is 22.0. The van der Waals surface area contributed by atoms with Gasteiger partial charge in [0.15, 0.2) is 14.4 Å². The number of ether oxygens (including phenoxy) is 1. The van der Waals surface area contributed by atoms with Crippen molar-refractivity contribution in [3.05, 3.63) is 35.9 Å². The van der Waals surface area contributed by atoms with Gasteiger partial charge in [-0.25, -0.2) is 0 Å². The quantitative estimate of drug-likeness (QED) is 0.470. The molecule has 1 aromatic rings. The molecule has 1 aromatic carbocycles. The van der Waals surface area contributed by atoms with Crippen LogP contribution < -0.4 is 0 Å². The maximum atomic E-state index is 13.1. The van der Waals surface area contributed by atoms with Crippen LogP contribution in [0, 0.1) is 0 Å². The van der Waals surface area contributed by atoms with Crippen LogP contribution in [-0.4, -0.2) is 35.3 Å². The lowest BCUT2D eigenvalue weighted by Gasteiger charge is -2.40. The van der Waals surface area contributed by atoms with Gasteiger partial charge in [0.1, 0.15) is 0 Å². The summed E-state index contributed by atoms with van der Waals surface area (Å²) >= 11 is 0. The van der Waals surface area contributed by atoms with E-state index in [4.69, 9.17) is 13.6 Å². The van der Waals surface area contributed by atoms with E-state index < -0.39 is 22.7 Å². The Morgan fingerprint density at radius 3 is 1.86 bits per heavy atom. The van der Waals surface area contributed by atoms with Gasteiger partial charge in [-0.3, -0.25) is 4.79 Å². The number of carbonyl (C=O) groups excluding carboxylic acids is 1. The van der Waals surface area contributed by atoms with Crippen LogP contribution in [0.2, 0.25) is 36.3 Å². The second kappa shape index (κ2) is 9.24. The number of carbonyl (C=O) groups is 1. The summed E-state index contributed by atoms with van der Waals surface area (Å²) < 4.78 is 18.3. The molecule has 160 valence electrons. The predicted octanol–water partition coefficient (Wildman–Crippen LogP) is 6.14. The highest BCUT2D eigenvalue weighted by molar-refractivity contribution is 6.76. The van der Waals surface area contributed by atoms with Crippen LogP contribution in [0.1, 0.15) is 47.1 Å². The normalized spacial score (nSPS) is 14.6. The Labute approximate surface area is 174 Å². The first-order chi connectivity index (χ1) is 12.6. The number of hydrogen-bond donors (Lipinski definition) is 0. The molecule has 0 aliphatic carbocycles. The highest BCUT2D eigenvalue weighted by Gasteiger charge is 2.45. The van der Waals surface area contributed by atoms with E-state index in [1.54, 1.807) is 0 Å². The molecule has 0 aromatic heterocycles. The SMILES string of the molecule is CC(C)(C)[Si](C)(C)OC(=O)C(COCc1ccccc1)O[Si](C)(C)C(C)(C)C. The molecule has 0 aliphatic rings. The first kappa shape index (κ1) is 25.1. The van der Waals surface area contributed by atoms with Crippen molar-refractivity contribution >= 4 is 22.6 Å². The molecule has 0 spiro atoms. The highest BCUT2D eigenvalue weighted by Crippen LogP contribution is 2.39. The number of rotatable bonds is 8. The summed E-state index contributed by atoms with van der Waals surface area (Å²) in [5, 5.41) is -0.0446. The van der Waals surface area contributed by atoms with Crippen LogP contribution in [0.3, 0.4) is 0 Å². The lowest BCUT2D eigenvalue weighted by atomic mass is 10.2. The van der Waals surface area contributed by atoms with Gasteiger partial charge in [0, 0.05) is 0 Å². The molecular weight excluding hydrogens is 384 g/mol. The predicted molar refractivity (Wildman–Crippen MR) is 121 cm³/mol. The lowest BCUT2D eigenvalue weighted by molar-refractivity contribution is -0.147. The largest absolute Gasteiger partial charge is 0.517 e. The Bertz CT molecular complexity index is 628. The molecule has 0 N–H and O–H groups in total. The Kier molecular flexibility index (Phi) is 8.28. The molecule has 0 aliphatic heterocycles. The van der Waals surface area contributed by atoms with Gasteiger partial charge in [-0.1, -0.05) is 71.9 Å². The fraction of sp³-hybridized carbons (Fsp3) is 0.682. The molecule has 0 fully saturated rings. The Morgan fingerprint density at radius 2 is 1.39 bits per heavy atom. The summed E-state index contributed by atoms with van der Waals surface area (Å²) in [6, 6.07) is 9.96. The first-order valence-corrected chi connectivity index (χ1v) is 15.9. The van der Waals surface area contributed by atoms with E-state index in [2.05, 4.69) is 67.7 Å². The number of hydrogen-bond acceptors (Lipinski definition) is 4. The van der Waals surface area contributed by atoms with Crippen LogP contribution >= 0.6 is 0 Å². The monoisotopic (exact) mass is 424 g/mol. The first-order valence-electron chi connectivity index (χ1n) is 10.1. The van der Waals surface area contributed by atoms with Gasteiger partial charge >= 0.3 is 5.97 Å². The maximum Gasteiger partial charge on any atom is 0.323 e. The average molecular weight is 425 g/mol. The standard InChI is InChI=1S/C22H40O4Si2/c1-21(2,3)27(7,8)25-19(17-24-16-18-14-12-11-13-15-18)20(23)26-28(9,10)22(4,5)6/h11-15,19H,16-17H2,1-10H3.